The van der Waals surface area contributed by atoms with Gasteiger partial charge in [0.1, 0.15) is 0 Å². The van der Waals surface area contributed by atoms with Gasteiger partial charge in [0.2, 0.25) is 0 Å². The molecule has 0 aliphatic carbocycles. The molecule has 114 valence electrons. The van der Waals surface area contributed by atoms with Crippen LogP contribution in [0.25, 0.3) is 11.1 Å². The van der Waals surface area contributed by atoms with E-state index in [0.29, 0.717) is 11.4 Å². The van der Waals surface area contributed by atoms with Crippen molar-refractivity contribution in [2.24, 2.45) is 0 Å². The van der Waals surface area contributed by atoms with E-state index in [1.807, 2.05) is 66.7 Å². The first-order chi connectivity index (χ1) is 11.2. The second kappa shape index (κ2) is 5.25. The fourth-order valence-electron chi connectivity index (χ4n) is 3.00. The Morgan fingerprint density at radius 2 is 1.30 bits per heavy atom. The van der Waals surface area contributed by atoms with Gasteiger partial charge in [0.05, 0.1) is 17.1 Å². The van der Waals surface area contributed by atoms with Crippen molar-refractivity contribution in [3.8, 4) is 11.1 Å². The first-order valence-electron chi connectivity index (χ1n) is 7.43. The highest BCUT2D eigenvalue weighted by Gasteiger charge is 2.34. The third-order valence-electron chi connectivity index (χ3n) is 4.09. The van der Waals surface area contributed by atoms with E-state index in [-0.39, 0.29) is 0 Å². The van der Waals surface area contributed by atoms with Crippen molar-refractivity contribution in [1.29, 1.82) is 0 Å². The van der Waals surface area contributed by atoms with Gasteiger partial charge in [-0.3, -0.25) is 4.31 Å². The molecule has 1 heterocycles. The largest absolute Gasteiger partial charge is 0.265 e. The van der Waals surface area contributed by atoms with Crippen molar-refractivity contribution in [3.63, 3.8) is 0 Å². The van der Waals surface area contributed by atoms with Gasteiger partial charge in [-0.05, 0) is 17.7 Å². The molecule has 1 aliphatic rings. The molecule has 0 fully saturated rings. The van der Waals surface area contributed by atoms with Crippen molar-refractivity contribution >= 4 is 15.7 Å². The van der Waals surface area contributed by atoms with Gasteiger partial charge in [-0.15, -0.1) is 0 Å². The zero-order chi connectivity index (χ0) is 15.9. The fraction of sp³-hybridized carbons (Fsp3) is 0.0526. The molecule has 0 saturated heterocycles. The Hall–Kier alpha value is -2.59. The summed E-state index contributed by atoms with van der Waals surface area (Å²) in [7, 11) is -3.56. The summed E-state index contributed by atoms with van der Waals surface area (Å²) >= 11 is 0. The number of benzene rings is 3. The molecular weight excluding hydrogens is 306 g/mol. The van der Waals surface area contributed by atoms with Crippen molar-refractivity contribution < 1.29 is 8.42 Å². The lowest BCUT2D eigenvalue weighted by molar-refractivity contribution is 0.590. The van der Waals surface area contributed by atoms with E-state index < -0.39 is 10.0 Å². The number of nitrogens with zero attached hydrogens (tertiary/aromatic N) is 1. The number of fused-ring (bicyclic) bond motifs is 3. The predicted octanol–water partition coefficient (Wildman–Crippen LogP) is 4.06. The second-order valence-corrected chi connectivity index (χ2v) is 7.34. The number of hydrogen-bond acceptors (Lipinski definition) is 2. The molecule has 0 N–H and O–H groups in total. The standard InChI is InChI=1S/C19H15NO2S/c21-23(22)19-13-7-5-11-17(19)16-10-4-6-12-18(16)20(23)14-15-8-2-1-3-9-15/h1-13H,14H2. The van der Waals surface area contributed by atoms with E-state index in [2.05, 4.69) is 0 Å². The maximum absolute atomic E-state index is 13.1. The van der Waals surface area contributed by atoms with Crippen LogP contribution in [0.5, 0.6) is 0 Å². The first-order valence-corrected chi connectivity index (χ1v) is 8.87. The van der Waals surface area contributed by atoms with Crippen LogP contribution < -0.4 is 4.31 Å². The summed E-state index contributed by atoms with van der Waals surface area (Å²) in [5.41, 5.74) is 3.42. The molecule has 0 spiro atoms. The predicted molar refractivity (Wildman–Crippen MR) is 91.7 cm³/mol. The summed E-state index contributed by atoms with van der Waals surface area (Å²) in [6.07, 6.45) is 0. The van der Waals surface area contributed by atoms with E-state index in [1.165, 1.54) is 4.31 Å². The summed E-state index contributed by atoms with van der Waals surface area (Å²) < 4.78 is 27.7. The maximum atomic E-state index is 13.1. The molecule has 0 radical (unpaired) electrons. The van der Waals surface area contributed by atoms with Crippen LogP contribution in [-0.4, -0.2) is 8.42 Å². The second-order valence-electron chi connectivity index (χ2n) is 5.51. The van der Waals surface area contributed by atoms with E-state index in [1.54, 1.807) is 12.1 Å². The minimum absolute atomic E-state index is 0.328. The summed E-state index contributed by atoms with van der Waals surface area (Å²) in [5, 5.41) is 0. The van der Waals surface area contributed by atoms with E-state index >= 15 is 0 Å². The van der Waals surface area contributed by atoms with Gasteiger partial charge in [0, 0.05) is 11.1 Å². The Kier molecular flexibility index (Phi) is 3.20. The van der Waals surface area contributed by atoms with Crippen LogP contribution in [0, 0.1) is 0 Å². The lowest BCUT2D eigenvalue weighted by atomic mass is 10.0. The molecule has 0 atom stereocenters. The maximum Gasteiger partial charge on any atom is 0.265 e. The third-order valence-corrected chi connectivity index (χ3v) is 5.90. The molecular formula is C19H15NO2S. The normalized spacial score (nSPS) is 14.9. The molecule has 0 aromatic heterocycles. The van der Waals surface area contributed by atoms with Gasteiger partial charge < -0.3 is 0 Å². The fourth-order valence-corrected chi connectivity index (χ4v) is 4.68. The molecule has 3 aromatic rings. The molecule has 3 aromatic carbocycles. The van der Waals surface area contributed by atoms with E-state index in [0.717, 1.165) is 22.4 Å². The molecule has 0 unspecified atom stereocenters. The molecule has 0 saturated carbocycles. The Bertz CT molecular complexity index is 965. The van der Waals surface area contributed by atoms with Gasteiger partial charge in [-0.25, -0.2) is 8.42 Å². The molecule has 3 nitrogen and oxygen atoms in total. The van der Waals surface area contributed by atoms with Crippen LogP contribution in [0.1, 0.15) is 5.56 Å². The number of para-hydroxylation sites is 1. The summed E-state index contributed by atoms with van der Waals surface area (Å²) in [4.78, 5) is 0.370. The van der Waals surface area contributed by atoms with Crippen LogP contribution >= 0.6 is 0 Å². The van der Waals surface area contributed by atoms with E-state index in [4.69, 9.17) is 0 Å². The number of sulfonamides is 1. The lowest BCUT2D eigenvalue weighted by Gasteiger charge is -2.32. The van der Waals surface area contributed by atoms with Crippen molar-refractivity contribution in [2.75, 3.05) is 4.31 Å². The highest BCUT2D eigenvalue weighted by Crippen LogP contribution is 2.43. The van der Waals surface area contributed by atoms with Crippen LogP contribution in [0.4, 0.5) is 5.69 Å². The molecule has 1 aliphatic heterocycles. The van der Waals surface area contributed by atoms with E-state index in [9.17, 15) is 8.42 Å². The van der Waals surface area contributed by atoms with Crippen LogP contribution in [0.15, 0.2) is 83.8 Å². The third kappa shape index (κ3) is 2.23. The van der Waals surface area contributed by atoms with Gasteiger partial charge in [-0.1, -0.05) is 66.7 Å². The van der Waals surface area contributed by atoms with Gasteiger partial charge in [-0.2, -0.15) is 0 Å². The Morgan fingerprint density at radius 1 is 0.696 bits per heavy atom. The Morgan fingerprint density at radius 3 is 2.09 bits per heavy atom. The molecule has 0 bridgehead atoms. The van der Waals surface area contributed by atoms with Crippen LogP contribution in [0.3, 0.4) is 0 Å². The lowest BCUT2D eigenvalue weighted by Crippen LogP contribution is -2.33. The zero-order valence-electron chi connectivity index (χ0n) is 12.4. The zero-order valence-corrected chi connectivity index (χ0v) is 13.2. The average Bonchev–Trinajstić information content (AvgIpc) is 2.60. The van der Waals surface area contributed by atoms with Gasteiger partial charge in [0.15, 0.2) is 0 Å². The Labute approximate surface area is 135 Å². The van der Waals surface area contributed by atoms with Crippen LogP contribution in [0.2, 0.25) is 0 Å². The van der Waals surface area contributed by atoms with Gasteiger partial charge >= 0.3 is 0 Å². The smallest absolute Gasteiger partial charge is 0.261 e. The average molecular weight is 321 g/mol. The Balaban J connectivity index is 1.93. The van der Waals surface area contributed by atoms with Gasteiger partial charge in [0.25, 0.3) is 10.0 Å². The van der Waals surface area contributed by atoms with Crippen molar-refractivity contribution in [2.45, 2.75) is 11.4 Å². The number of rotatable bonds is 2. The highest BCUT2D eigenvalue weighted by atomic mass is 32.2. The summed E-state index contributed by atoms with van der Waals surface area (Å²) in [6.45, 7) is 0.328. The molecule has 0 amide bonds. The molecule has 4 rings (SSSR count). The molecule has 4 heteroatoms. The van der Waals surface area contributed by atoms with Crippen molar-refractivity contribution in [1.82, 2.24) is 0 Å². The summed E-state index contributed by atoms with van der Waals surface area (Å²) in [5.74, 6) is 0. The minimum atomic E-state index is -3.56. The highest BCUT2D eigenvalue weighted by molar-refractivity contribution is 7.93. The number of hydrogen-bond donors (Lipinski definition) is 0. The quantitative estimate of drug-likeness (QED) is 0.714. The van der Waals surface area contributed by atoms with Crippen molar-refractivity contribution in [3.05, 3.63) is 84.4 Å². The SMILES string of the molecule is O=S1(=O)c2ccccc2-c2ccccc2N1Cc1ccccc1. The molecule has 23 heavy (non-hydrogen) atoms. The topological polar surface area (TPSA) is 37.4 Å². The number of anilines is 1. The van der Waals surface area contributed by atoms with Crippen LogP contribution in [-0.2, 0) is 16.6 Å². The summed E-state index contributed by atoms with van der Waals surface area (Å²) in [6, 6.07) is 24.5. The monoisotopic (exact) mass is 321 g/mol. The minimum Gasteiger partial charge on any atom is -0.261 e. The first kappa shape index (κ1) is 14.0.